The van der Waals surface area contributed by atoms with Gasteiger partial charge in [0.25, 0.3) is 0 Å². The number of hydrogen-bond donors (Lipinski definition) is 2. The molecule has 35 heavy (non-hydrogen) atoms. The van der Waals surface area contributed by atoms with Crippen molar-refractivity contribution in [1.29, 1.82) is 0 Å². The monoisotopic (exact) mass is 478 g/mol. The number of carboxylic acid groups (broad SMARTS) is 1. The zero-order valence-electron chi connectivity index (χ0n) is 20.6. The largest absolute Gasteiger partial charge is 0.480 e. The fourth-order valence-corrected chi connectivity index (χ4v) is 5.59. The second-order valence-electron chi connectivity index (χ2n) is 10.2. The van der Waals surface area contributed by atoms with Crippen molar-refractivity contribution in [3.63, 3.8) is 0 Å². The van der Waals surface area contributed by atoms with Crippen molar-refractivity contribution in [2.45, 2.75) is 52.0 Å². The van der Waals surface area contributed by atoms with Gasteiger partial charge in [-0.15, -0.1) is 0 Å². The number of rotatable bonds is 7. The third-order valence-electron chi connectivity index (χ3n) is 7.47. The van der Waals surface area contributed by atoms with Gasteiger partial charge in [0.2, 0.25) is 5.91 Å². The van der Waals surface area contributed by atoms with Gasteiger partial charge >= 0.3 is 12.1 Å². The van der Waals surface area contributed by atoms with E-state index in [-0.39, 0.29) is 25.0 Å². The maximum absolute atomic E-state index is 13.3. The van der Waals surface area contributed by atoms with Crippen molar-refractivity contribution in [1.82, 2.24) is 10.2 Å². The average Bonchev–Trinajstić information content (AvgIpc) is 3.15. The molecular weight excluding hydrogens is 444 g/mol. The van der Waals surface area contributed by atoms with Gasteiger partial charge in [0, 0.05) is 19.0 Å². The number of ether oxygens (including phenoxy) is 1. The van der Waals surface area contributed by atoms with Crippen LogP contribution < -0.4 is 5.32 Å². The van der Waals surface area contributed by atoms with Gasteiger partial charge in [-0.05, 0) is 46.9 Å². The van der Waals surface area contributed by atoms with E-state index in [0.29, 0.717) is 13.0 Å². The van der Waals surface area contributed by atoms with E-state index in [1.807, 2.05) is 45.0 Å². The van der Waals surface area contributed by atoms with E-state index in [4.69, 9.17) is 4.74 Å². The van der Waals surface area contributed by atoms with Crippen LogP contribution in [-0.4, -0.2) is 53.7 Å². The fourth-order valence-electron chi connectivity index (χ4n) is 5.59. The van der Waals surface area contributed by atoms with E-state index in [9.17, 15) is 19.5 Å². The number of carboxylic acids is 1. The molecule has 0 radical (unpaired) electrons. The van der Waals surface area contributed by atoms with Gasteiger partial charge in [-0.3, -0.25) is 4.79 Å². The van der Waals surface area contributed by atoms with Crippen LogP contribution in [0.15, 0.2) is 48.5 Å². The van der Waals surface area contributed by atoms with Crippen LogP contribution >= 0.6 is 0 Å². The van der Waals surface area contributed by atoms with Crippen LogP contribution in [0.4, 0.5) is 4.79 Å². The number of nitrogens with zero attached hydrogens (tertiary/aromatic N) is 1. The topological polar surface area (TPSA) is 95.9 Å². The Hall–Kier alpha value is -3.35. The highest BCUT2D eigenvalue weighted by Gasteiger charge is 2.45. The lowest BCUT2D eigenvalue weighted by atomic mass is 9.76. The van der Waals surface area contributed by atoms with Gasteiger partial charge in [0.05, 0.1) is 5.92 Å². The highest BCUT2D eigenvalue weighted by Crippen LogP contribution is 2.44. The Morgan fingerprint density at radius 3 is 2.26 bits per heavy atom. The number of fused-ring (bicyclic) bond motifs is 3. The van der Waals surface area contributed by atoms with Crippen LogP contribution in [0, 0.1) is 11.3 Å². The van der Waals surface area contributed by atoms with Crippen molar-refractivity contribution < 1.29 is 24.2 Å². The fraction of sp³-hybridized carbons (Fsp3) is 0.464. The summed E-state index contributed by atoms with van der Waals surface area (Å²) in [7, 11) is 0. The van der Waals surface area contributed by atoms with Gasteiger partial charge in [0.15, 0.2) is 0 Å². The van der Waals surface area contributed by atoms with E-state index in [0.717, 1.165) is 35.1 Å². The second-order valence-corrected chi connectivity index (χ2v) is 10.2. The molecule has 1 fully saturated rings. The van der Waals surface area contributed by atoms with Gasteiger partial charge in [-0.25, -0.2) is 9.59 Å². The van der Waals surface area contributed by atoms with Crippen LogP contribution in [0.25, 0.3) is 11.1 Å². The maximum atomic E-state index is 13.3. The Bertz CT molecular complexity index is 1070. The molecule has 2 amide bonds. The molecule has 1 heterocycles. The molecule has 2 aliphatic rings. The molecule has 4 rings (SSSR count). The summed E-state index contributed by atoms with van der Waals surface area (Å²) in [5.41, 5.74) is 4.08. The van der Waals surface area contributed by atoms with Crippen LogP contribution in [0.1, 0.15) is 57.1 Å². The maximum Gasteiger partial charge on any atom is 0.407 e. The predicted molar refractivity (Wildman–Crippen MR) is 133 cm³/mol. The third kappa shape index (κ3) is 4.90. The summed E-state index contributed by atoms with van der Waals surface area (Å²) in [5, 5.41) is 12.5. The first-order valence-electron chi connectivity index (χ1n) is 12.4. The average molecular weight is 479 g/mol. The number of amides is 2. The smallest absolute Gasteiger partial charge is 0.407 e. The number of benzene rings is 2. The molecule has 7 nitrogen and oxygen atoms in total. The number of nitrogens with one attached hydrogen (secondary N) is 1. The van der Waals surface area contributed by atoms with Crippen molar-refractivity contribution in [2.24, 2.45) is 11.3 Å². The molecule has 186 valence electrons. The standard InChI is InChI=1S/C28H34N2O5/c1-4-18(25(31)30-15-9-14-28(2,3)24(30)26(32)33)16-29-27(34)35-17-23-21-12-7-5-10-19(21)20-11-6-8-13-22(20)23/h5-8,10-13,18,23-24H,4,9,14-17H2,1-3H3,(H,29,34)(H,32,33). The van der Waals surface area contributed by atoms with Crippen LogP contribution in [0.2, 0.25) is 0 Å². The summed E-state index contributed by atoms with van der Waals surface area (Å²) in [4.78, 5) is 39.3. The Kier molecular flexibility index (Phi) is 7.15. The molecule has 1 saturated heterocycles. The summed E-state index contributed by atoms with van der Waals surface area (Å²) in [6.45, 7) is 6.37. The van der Waals surface area contributed by atoms with E-state index >= 15 is 0 Å². The molecule has 0 spiro atoms. The zero-order chi connectivity index (χ0) is 25.2. The van der Waals surface area contributed by atoms with Crippen LogP contribution in [0.5, 0.6) is 0 Å². The van der Waals surface area contributed by atoms with Crippen molar-refractivity contribution in [2.75, 3.05) is 19.7 Å². The summed E-state index contributed by atoms with van der Waals surface area (Å²) in [6.07, 6.45) is 1.43. The molecule has 0 bridgehead atoms. The molecule has 2 N–H and O–H groups in total. The minimum Gasteiger partial charge on any atom is -0.480 e. The Morgan fingerprint density at radius 1 is 1.09 bits per heavy atom. The number of hydrogen-bond acceptors (Lipinski definition) is 4. The third-order valence-corrected chi connectivity index (χ3v) is 7.47. The molecule has 2 atom stereocenters. The molecule has 0 saturated carbocycles. The minimum absolute atomic E-state index is 0.0383. The summed E-state index contributed by atoms with van der Waals surface area (Å²) in [5.74, 6) is -1.76. The second kappa shape index (κ2) is 10.1. The summed E-state index contributed by atoms with van der Waals surface area (Å²) in [6, 6.07) is 15.4. The van der Waals surface area contributed by atoms with Crippen molar-refractivity contribution >= 4 is 18.0 Å². The van der Waals surface area contributed by atoms with Crippen molar-refractivity contribution in [3.05, 3.63) is 59.7 Å². The molecule has 2 aromatic carbocycles. The highest BCUT2D eigenvalue weighted by molar-refractivity contribution is 5.86. The zero-order valence-corrected chi connectivity index (χ0v) is 20.6. The lowest BCUT2D eigenvalue weighted by Crippen LogP contribution is -2.58. The van der Waals surface area contributed by atoms with E-state index in [2.05, 4.69) is 29.6 Å². The number of alkyl carbamates (subject to hydrolysis) is 1. The molecule has 1 aliphatic heterocycles. The number of carbonyl (C=O) groups excluding carboxylic acids is 2. The minimum atomic E-state index is -0.984. The SMILES string of the molecule is CCC(CNC(=O)OCC1c2ccccc2-c2ccccc21)C(=O)N1CCCC(C)(C)C1C(=O)O. The molecule has 7 heteroatoms. The van der Waals surface area contributed by atoms with Gasteiger partial charge < -0.3 is 20.1 Å². The summed E-state index contributed by atoms with van der Waals surface area (Å²) >= 11 is 0. The van der Waals surface area contributed by atoms with Crippen LogP contribution in [0.3, 0.4) is 0 Å². The number of carbonyl (C=O) groups is 3. The number of aliphatic carboxylic acids is 1. The summed E-state index contributed by atoms with van der Waals surface area (Å²) < 4.78 is 5.58. The first-order valence-corrected chi connectivity index (χ1v) is 12.4. The number of piperidine rings is 1. The molecule has 2 aromatic rings. The lowest BCUT2D eigenvalue weighted by molar-refractivity contribution is -0.160. The van der Waals surface area contributed by atoms with Crippen LogP contribution in [-0.2, 0) is 14.3 Å². The quantitative estimate of drug-likeness (QED) is 0.604. The van der Waals surface area contributed by atoms with Gasteiger partial charge in [-0.1, -0.05) is 69.3 Å². The van der Waals surface area contributed by atoms with E-state index < -0.39 is 29.4 Å². The number of likely N-dealkylation sites (tertiary alicyclic amines) is 1. The Balaban J connectivity index is 1.37. The van der Waals surface area contributed by atoms with E-state index in [1.165, 1.54) is 4.90 Å². The lowest BCUT2D eigenvalue weighted by Gasteiger charge is -2.45. The highest BCUT2D eigenvalue weighted by atomic mass is 16.5. The Labute approximate surface area is 206 Å². The van der Waals surface area contributed by atoms with Gasteiger partial charge in [0.1, 0.15) is 12.6 Å². The van der Waals surface area contributed by atoms with E-state index in [1.54, 1.807) is 0 Å². The molecule has 1 aliphatic carbocycles. The molecular formula is C28H34N2O5. The first kappa shape index (κ1) is 24.8. The van der Waals surface area contributed by atoms with Crippen molar-refractivity contribution in [3.8, 4) is 11.1 Å². The molecule has 2 unspecified atom stereocenters. The first-order chi connectivity index (χ1) is 16.7. The predicted octanol–water partition coefficient (Wildman–Crippen LogP) is 4.65. The van der Waals surface area contributed by atoms with Gasteiger partial charge in [-0.2, -0.15) is 0 Å². The molecule has 0 aromatic heterocycles. The normalized spacial score (nSPS) is 19.4. The Morgan fingerprint density at radius 2 is 1.69 bits per heavy atom.